The molecule has 0 aromatic rings. The second kappa shape index (κ2) is 6.83. The van der Waals surface area contributed by atoms with Crippen LogP contribution in [0.15, 0.2) is 0 Å². The molecule has 0 aromatic heterocycles. The lowest BCUT2D eigenvalue weighted by molar-refractivity contribution is -0.142. The smallest absolute Gasteiger partial charge is 0.304 e. The highest BCUT2D eigenvalue weighted by Gasteiger charge is 2.52. The second-order valence-electron chi connectivity index (χ2n) is 9.78. The molecule has 2 rings (SSSR count). The van der Waals surface area contributed by atoms with Crippen molar-refractivity contribution in [3.63, 3.8) is 0 Å². The summed E-state index contributed by atoms with van der Waals surface area (Å²) in [5, 5.41) is 18.3. The fraction of sp³-hybridized carbons (Fsp3) is 0.842. The number of hydrogen-bond donors (Lipinski definition) is 4. The van der Waals surface area contributed by atoms with E-state index in [1.807, 2.05) is 34.6 Å². The Morgan fingerprint density at radius 2 is 1.38 bits per heavy atom. The van der Waals surface area contributed by atoms with Crippen LogP contribution in [-0.4, -0.2) is 47.1 Å². The molecular weight excluding hydrogens is 334 g/mol. The van der Waals surface area contributed by atoms with Gasteiger partial charge in [0.1, 0.15) is 0 Å². The average Bonchev–Trinajstić information content (AvgIpc) is 3.31. The van der Waals surface area contributed by atoms with Crippen LogP contribution in [0.1, 0.15) is 66.7 Å². The van der Waals surface area contributed by atoms with E-state index in [2.05, 4.69) is 16.0 Å². The molecule has 0 aliphatic heterocycles. The first-order chi connectivity index (χ1) is 11.8. The maximum absolute atomic E-state index is 12.4. The summed E-state index contributed by atoms with van der Waals surface area (Å²) < 4.78 is 0. The summed E-state index contributed by atoms with van der Waals surface area (Å²) in [5.74, 6) is -1.04. The molecule has 7 nitrogen and oxygen atoms in total. The van der Waals surface area contributed by atoms with Gasteiger partial charge in [0, 0.05) is 24.2 Å². The largest absolute Gasteiger partial charge is 0.481 e. The van der Waals surface area contributed by atoms with Crippen LogP contribution in [0, 0.1) is 10.8 Å². The predicted octanol–water partition coefficient (Wildman–Crippen LogP) is 1.42. The van der Waals surface area contributed by atoms with Crippen molar-refractivity contribution in [3.8, 4) is 0 Å². The molecule has 26 heavy (non-hydrogen) atoms. The van der Waals surface area contributed by atoms with Gasteiger partial charge in [-0.05, 0) is 60.3 Å². The SMILES string of the molecule is CC(C)(C)NC(=O)C1(CNCC(C)(C)NC(=O)C2(CC(=O)O)CC2)CC1. The molecule has 2 amide bonds. The Kier molecular flexibility index (Phi) is 5.43. The van der Waals surface area contributed by atoms with Gasteiger partial charge in [-0.2, -0.15) is 0 Å². The number of carboxylic acids is 1. The van der Waals surface area contributed by atoms with E-state index >= 15 is 0 Å². The molecule has 0 unspecified atom stereocenters. The van der Waals surface area contributed by atoms with Crippen molar-refractivity contribution in [1.82, 2.24) is 16.0 Å². The van der Waals surface area contributed by atoms with E-state index in [0.29, 0.717) is 25.9 Å². The van der Waals surface area contributed by atoms with Crippen LogP contribution in [-0.2, 0) is 14.4 Å². The van der Waals surface area contributed by atoms with Crippen molar-refractivity contribution in [3.05, 3.63) is 0 Å². The zero-order valence-corrected chi connectivity index (χ0v) is 16.6. The lowest BCUT2D eigenvalue weighted by Gasteiger charge is -2.30. The summed E-state index contributed by atoms with van der Waals surface area (Å²) in [6.07, 6.45) is 2.89. The summed E-state index contributed by atoms with van der Waals surface area (Å²) in [5.41, 5.74) is -1.83. The van der Waals surface area contributed by atoms with Crippen LogP contribution in [0.2, 0.25) is 0 Å². The van der Waals surface area contributed by atoms with Crippen LogP contribution in [0.3, 0.4) is 0 Å². The number of nitrogens with one attached hydrogen (secondary N) is 3. The molecule has 0 bridgehead atoms. The molecule has 0 radical (unpaired) electrons. The molecule has 4 N–H and O–H groups in total. The Labute approximate surface area is 155 Å². The molecular formula is C19H33N3O4. The molecule has 0 aromatic carbocycles. The zero-order valence-electron chi connectivity index (χ0n) is 16.6. The van der Waals surface area contributed by atoms with E-state index in [9.17, 15) is 14.4 Å². The Bertz CT molecular complexity index is 584. The van der Waals surface area contributed by atoms with Gasteiger partial charge in [-0.25, -0.2) is 0 Å². The molecule has 0 heterocycles. The quantitative estimate of drug-likeness (QED) is 0.493. The predicted molar refractivity (Wildman–Crippen MR) is 98.6 cm³/mol. The van der Waals surface area contributed by atoms with Crippen molar-refractivity contribution >= 4 is 17.8 Å². The van der Waals surface area contributed by atoms with Crippen molar-refractivity contribution in [2.45, 2.75) is 77.8 Å². The molecule has 7 heteroatoms. The first kappa shape index (κ1) is 20.7. The fourth-order valence-electron chi connectivity index (χ4n) is 3.13. The summed E-state index contributed by atoms with van der Waals surface area (Å²) in [6.45, 7) is 10.8. The first-order valence-electron chi connectivity index (χ1n) is 9.37. The molecule has 0 atom stereocenters. The number of carbonyl (C=O) groups excluding carboxylic acids is 2. The van der Waals surface area contributed by atoms with Gasteiger partial charge in [0.2, 0.25) is 11.8 Å². The molecule has 2 saturated carbocycles. The minimum atomic E-state index is -0.936. The first-order valence-corrected chi connectivity index (χ1v) is 9.37. The average molecular weight is 367 g/mol. The van der Waals surface area contributed by atoms with Gasteiger partial charge in [0.05, 0.1) is 17.3 Å². The van der Waals surface area contributed by atoms with E-state index in [4.69, 9.17) is 5.11 Å². The van der Waals surface area contributed by atoms with Gasteiger partial charge in [-0.3, -0.25) is 14.4 Å². The number of carbonyl (C=O) groups is 3. The zero-order chi connectivity index (χ0) is 19.8. The molecule has 0 saturated heterocycles. The van der Waals surface area contributed by atoms with Crippen LogP contribution >= 0.6 is 0 Å². The van der Waals surface area contributed by atoms with Crippen molar-refractivity contribution in [1.29, 1.82) is 0 Å². The summed E-state index contributed by atoms with van der Waals surface area (Å²) in [7, 11) is 0. The van der Waals surface area contributed by atoms with Gasteiger partial charge in [-0.1, -0.05) is 0 Å². The number of rotatable bonds is 9. The normalized spacial score (nSPS) is 20.2. The van der Waals surface area contributed by atoms with Crippen LogP contribution in [0.25, 0.3) is 0 Å². The van der Waals surface area contributed by atoms with Gasteiger partial charge in [0.15, 0.2) is 0 Å². The van der Waals surface area contributed by atoms with E-state index in [-0.39, 0.29) is 29.2 Å². The summed E-state index contributed by atoms with van der Waals surface area (Å²) in [4.78, 5) is 35.8. The van der Waals surface area contributed by atoms with Crippen LogP contribution < -0.4 is 16.0 Å². The minimum Gasteiger partial charge on any atom is -0.481 e. The van der Waals surface area contributed by atoms with Crippen LogP contribution in [0.5, 0.6) is 0 Å². The number of hydrogen-bond acceptors (Lipinski definition) is 4. The summed E-state index contributed by atoms with van der Waals surface area (Å²) >= 11 is 0. The maximum Gasteiger partial charge on any atom is 0.304 e. The number of amides is 2. The topological polar surface area (TPSA) is 108 Å². The highest BCUT2D eigenvalue weighted by atomic mass is 16.4. The van der Waals surface area contributed by atoms with Crippen molar-refractivity contribution in [2.24, 2.45) is 10.8 Å². The third-order valence-electron chi connectivity index (χ3n) is 5.13. The highest BCUT2D eigenvalue weighted by Crippen LogP contribution is 2.49. The van der Waals surface area contributed by atoms with Crippen molar-refractivity contribution < 1.29 is 19.5 Å². The Morgan fingerprint density at radius 3 is 1.81 bits per heavy atom. The van der Waals surface area contributed by atoms with Gasteiger partial charge in [-0.15, -0.1) is 0 Å². The minimum absolute atomic E-state index is 0.0812. The standard InChI is InChI=1S/C19H33N3O4/c1-16(2,3)21-15(26)19(8-9-19)12-20-11-17(4,5)22-14(25)18(6-7-18)10-13(23)24/h20H,6-12H2,1-5H3,(H,21,26)(H,22,25)(H,23,24). The lowest BCUT2D eigenvalue weighted by atomic mass is 9.97. The maximum atomic E-state index is 12.4. The number of aliphatic carboxylic acids is 1. The molecule has 2 aliphatic carbocycles. The van der Waals surface area contributed by atoms with E-state index < -0.39 is 16.9 Å². The van der Waals surface area contributed by atoms with Gasteiger partial charge >= 0.3 is 5.97 Å². The van der Waals surface area contributed by atoms with E-state index in [1.165, 1.54) is 0 Å². The second-order valence-corrected chi connectivity index (χ2v) is 9.78. The van der Waals surface area contributed by atoms with Gasteiger partial charge < -0.3 is 21.1 Å². The monoisotopic (exact) mass is 367 g/mol. The molecule has 148 valence electrons. The van der Waals surface area contributed by atoms with Crippen molar-refractivity contribution in [2.75, 3.05) is 13.1 Å². The third-order valence-corrected chi connectivity index (χ3v) is 5.13. The lowest BCUT2D eigenvalue weighted by Crippen LogP contribution is -2.54. The van der Waals surface area contributed by atoms with E-state index in [1.54, 1.807) is 0 Å². The Hall–Kier alpha value is -1.63. The molecule has 2 fully saturated rings. The molecule has 2 aliphatic rings. The fourth-order valence-corrected chi connectivity index (χ4v) is 3.13. The Morgan fingerprint density at radius 1 is 0.885 bits per heavy atom. The van der Waals surface area contributed by atoms with Gasteiger partial charge in [0.25, 0.3) is 0 Å². The van der Waals surface area contributed by atoms with E-state index in [0.717, 1.165) is 12.8 Å². The third kappa shape index (κ3) is 5.43. The highest BCUT2D eigenvalue weighted by molar-refractivity contribution is 5.89. The van der Waals surface area contributed by atoms with Crippen LogP contribution in [0.4, 0.5) is 0 Å². The molecule has 0 spiro atoms. The number of carboxylic acid groups (broad SMARTS) is 1. The Balaban J connectivity index is 1.80. The summed E-state index contributed by atoms with van der Waals surface area (Å²) in [6, 6.07) is 0.